The van der Waals surface area contributed by atoms with Gasteiger partial charge in [-0.2, -0.15) is 0 Å². The Bertz CT molecular complexity index is 1150. The number of aryl methyl sites for hydroxylation is 2. The largest absolute Gasteiger partial charge is 0.340 e. The Hall–Kier alpha value is -2.97. The zero-order valence-corrected chi connectivity index (χ0v) is 17.2. The molecule has 29 heavy (non-hydrogen) atoms. The first-order chi connectivity index (χ1) is 13.9. The molecule has 0 saturated carbocycles. The molecule has 2 aromatic carbocycles. The smallest absolute Gasteiger partial charge is 0.242 e. The topological polar surface area (TPSA) is 87.2 Å². The molecule has 3 aromatic rings. The number of benzene rings is 2. The van der Waals surface area contributed by atoms with Gasteiger partial charge < -0.3 is 10.6 Å². The Balaban J connectivity index is 1.52. The van der Waals surface area contributed by atoms with Crippen LogP contribution in [0.25, 0.3) is 0 Å². The van der Waals surface area contributed by atoms with Crippen LogP contribution in [0.15, 0.2) is 59.8 Å². The van der Waals surface area contributed by atoms with Gasteiger partial charge in [-0.25, -0.2) is 22.7 Å². The van der Waals surface area contributed by atoms with E-state index in [-0.39, 0.29) is 4.90 Å². The first kappa shape index (κ1) is 19.4. The number of hydrogen-bond donors (Lipinski definition) is 2. The lowest BCUT2D eigenvalue weighted by Gasteiger charge is -2.13. The van der Waals surface area contributed by atoms with Crippen LogP contribution in [-0.4, -0.2) is 36.8 Å². The summed E-state index contributed by atoms with van der Waals surface area (Å²) in [5.74, 6) is 1.24. The Labute approximate surface area is 170 Å². The molecule has 1 aromatic heterocycles. The summed E-state index contributed by atoms with van der Waals surface area (Å²) >= 11 is 0. The van der Waals surface area contributed by atoms with Gasteiger partial charge in [0.1, 0.15) is 18.0 Å². The second-order valence-corrected chi connectivity index (χ2v) is 9.34. The molecule has 1 aliphatic carbocycles. The van der Waals surface area contributed by atoms with Gasteiger partial charge in [-0.05, 0) is 60.7 Å². The molecule has 7 nitrogen and oxygen atoms in total. The second kappa shape index (κ2) is 7.81. The van der Waals surface area contributed by atoms with E-state index in [1.54, 1.807) is 30.3 Å². The highest BCUT2D eigenvalue weighted by Crippen LogP contribution is 2.27. The van der Waals surface area contributed by atoms with Crippen LogP contribution in [0, 0.1) is 0 Å². The van der Waals surface area contributed by atoms with Crippen molar-refractivity contribution in [1.82, 2.24) is 14.3 Å². The molecule has 1 heterocycles. The highest BCUT2D eigenvalue weighted by Gasteiger charge is 2.17. The number of aromatic nitrogens is 2. The van der Waals surface area contributed by atoms with Crippen molar-refractivity contribution in [2.24, 2.45) is 0 Å². The van der Waals surface area contributed by atoms with Gasteiger partial charge in [0.2, 0.25) is 10.0 Å². The molecule has 1 aliphatic rings. The number of hydrogen-bond acceptors (Lipinski definition) is 6. The monoisotopic (exact) mass is 409 g/mol. The minimum absolute atomic E-state index is 0.220. The average Bonchev–Trinajstić information content (AvgIpc) is 3.16. The molecule has 4 rings (SSSR count). The summed E-state index contributed by atoms with van der Waals surface area (Å²) in [6, 6.07) is 14.9. The molecule has 2 N–H and O–H groups in total. The molecule has 0 amide bonds. The molecule has 0 aliphatic heterocycles. The SMILES string of the molecule is CN(C)S(=O)(=O)c1cccc(Nc2cc(Nc3ccc4c(c3)CCC4)ncn2)c1. The molecule has 0 radical (unpaired) electrons. The van der Waals surface area contributed by atoms with Crippen LogP contribution in [0.2, 0.25) is 0 Å². The van der Waals surface area contributed by atoms with Crippen molar-refractivity contribution in [3.63, 3.8) is 0 Å². The minimum atomic E-state index is -3.50. The highest BCUT2D eigenvalue weighted by atomic mass is 32.2. The Morgan fingerprint density at radius 2 is 1.55 bits per heavy atom. The summed E-state index contributed by atoms with van der Waals surface area (Å²) in [7, 11) is -0.476. The van der Waals surface area contributed by atoms with Crippen LogP contribution >= 0.6 is 0 Å². The van der Waals surface area contributed by atoms with E-state index in [2.05, 4.69) is 38.8 Å². The van der Waals surface area contributed by atoms with Gasteiger partial charge >= 0.3 is 0 Å². The molecule has 0 bridgehead atoms. The first-order valence-corrected chi connectivity index (χ1v) is 10.9. The number of nitrogens with zero attached hydrogens (tertiary/aromatic N) is 3. The van der Waals surface area contributed by atoms with Crippen LogP contribution in [0.3, 0.4) is 0 Å². The lowest BCUT2D eigenvalue weighted by Crippen LogP contribution is -2.22. The van der Waals surface area contributed by atoms with Crippen molar-refractivity contribution in [2.75, 3.05) is 24.7 Å². The normalized spacial score (nSPS) is 13.3. The lowest BCUT2D eigenvalue weighted by molar-refractivity contribution is 0.521. The van der Waals surface area contributed by atoms with Gasteiger partial charge in [0.15, 0.2) is 0 Å². The van der Waals surface area contributed by atoms with Crippen LogP contribution in [0.5, 0.6) is 0 Å². The first-order valence-electron chi connectivity index (χ1n) is 9.42. The van der Waals surface area contributed by atoms with Crippen molar-refractivity contribution in [3.05, 3.63) is 66.0 Å². The number of nitrogens with one attached hydrogen (secondary N) is 2. The maximum atomic E-state index is 12.3. The van der Waals surface area contributed by atoms with Gasteiger partial charge in [-0.3, -0.25) is 0 Å². The van der Waals surface area contributed by atoms with Crippen molar-refractivity contribution in [3.8, 4) is 0 Å². The molecule has 150 valence electrons. The third-order valence-electron chi connectivity index (χ3n) is 4.92. The molecule has 8 heteroatoms. The molecule has 0 atom stereocenters. The fourth-order valence-corrected chi connectivity index (χ4v) is 4.33. The zero-order valence-electron chi connectivity index (χ0n) is 16.4. The summed E-state index contributed by atoms with van der Waals surface area (Å²) in [4.78, 5) is 8.74. The van der Waals surface area contributed by atoms with Crippen molar-refractivity contribution < 1.29 is 8.42 Å². The fourth-order valence-electron chi connectivity index (χ4n) is 3.38. The van der Waals surface area contributed by atoms with Gasteiger partial charge in [0.05, 0.1) is 4.90 Å². The summed E-state index contributed by atoms with van der Waals surface area (Å²) in [5.41, 5.74) is 4.44. The second-order valence-electron chi connectivity index (χ2n) is 7.19. The summed E-state index contributed by atoms with van der Waals surface area (Å²) < 4.78 is 25.9. The molecule has 0 fully saturated rings. The van der Waals surface area contributed by atoms with E-state index in [1.807, 2.05) is 0 Å². The van der Waals surface area contributed by atoms with Gasteiger partial charge in [0.25, 0.3) is 0 Å². The molecular weight excluding hydrogens is 386 g/mol. The van der Waals surface area contributed by atoms with E-state index in [1.165, 1.54) is 42.3 Å². The Morgan fingerprint density at radius 3 is 2.28 bits per heavy atom. The Kier molecular flexibility index (Phi) is 5.21. The van der Waals surface area contributed by atoms with E-state index in [4.69, 9.17) is 0 Å². The lowest BCUT2D eigenvalue weighted by atomic mass is 10.1. The summed E-state index contributed by atoms with van der Waals surface area (Å²) in [5, 5.41) is 6.47. The summed E-state index contributed by atoms with van der Waals surface area (Å²) in [6.07, 6.45) is 4.95. The zero-order chi connectivity index (χ0) is 20.4. The van der Waals surface area contributed by atoms with Crippen molar-refractivity contribution in [1.29, 1.82) is 0 Å². The standard InChI is InChI=1S/C21H23N5O2S/c1-26(2)29(27,28)19-8-4-7-17(12-19)24-20-13-21(23-14-22-20)25-18-10-9-15-5-3-6-16(15)11-18/h4,7-14H,3,5-6H2,1-2H3,(H2,22,23,24,25). The average molecular weight is 410 g/mol. The number of fused-ring (bicyclic) bond motifs is 1. The van der Waals surface area contributed by atoms with Crippen molar-refractivity contribution in [2.45, 2.75) is 24.2 Å². The van der Waals surface area contributed by atoms with E-state index in [9.17, 15) is 8.42 Å². The minimum Gasteiger partial charge on any atom is -0.340 e. The van der Waals surface area contributed by atoms with Crippen LogP contribution < -0.4 is 10.6 Å². The van der Waals surface area contributed by atoms with E-state index in [0.717, 1.165) is 18.5 Å². The van der Waals surface area contributed by atoms with Crippen LogP contribution in [0.4, 0.5) is 23.0 Å². The quantitative estimate of drug-likeness (QED) is 0.645. The molecule has 0 unspecified atom stereocenters. The van der Waals surface area contributed by atoms with Gasteiger partial charge in [-0.15, -0.1) is 0 Å². The van der Waals surface area contributed by atoms with E-state index >= 15 is 0 Å². The van der Waals surface area contributed by atoms with Gasteiger partial charge in [-0.1, -0.05) is 12.1 Å². The predicted octanol–water partition coefficient (Wildman–Crippen LogP) is 3.70. The van der Waals surface area contributed by atoms with E-state index < -0.39 is 10.0 Å². The molecular formula is C21H23N5O2S. The fraction of sp³-hybridized carbons (Fsp3) is 0.238. The number of sulfonamides is 1. The molecule has 0 saturated heterocycles. The molecule has 0 spiro atoms. The van der Waals surface area contributed by atoms with Gasteiger partial charge in [0, 0.05) is 31.5 Å². The van der Waals surface area contributed by atoms with Crippen LogP contribution in [0.1, 0.15) is 17.5 Å². The third kappa shape index (κ3) is 4.23. The number of rotatable bonds is 6. The number of anilines is 4. The predicted molar refractivity (Wildman–Crippen MR) is 114 cm³/mol. The highest BCUT2D eigenvalue weighted by molar-refractivity contribution is 7.89. The van der Waals surface area contributed by atoms with E-state index in [0.29, 0.717) is 17.3 Å². The van der Waals surface area contributed by atoms with Crippen molar-refractivity contribution >= 4 is 33.0 Å². The maximum Gasteiger partial charge on any atom is 0.242 e. The van der Waals surface area contributed by atoms with Crippen LogP contribution in [-0.2, 0) is 22.9 Å². The third-order valence-corrected chi connectivity index (χ3v) is 6.73. The summed E-state index contributed by atoms with van der Waals surface area (Å²) in [6.45, 7) is 0. The maximum absolute atomic E-state index is 12.3. The Morgan fingerprint density at radius 1 is 0.862 bits per heavy atom.